The second kappa shape index (κ2) is 5.93. The molecule has 0 amide bonds. The number of hydrogen-bond acceptors (Lipinski definition) is 1. The zero-order chi connectivity index (χ0) is 13.8. The van der Waals surface area contributed by atoms with Crippen molar-refractivity contribution in [3.8, 4) is 0 Å². The predicted molar refractivity (Wildman–Crippen MR) is 73.1 cm³/mol. The lowest BCUT2D eigenvalue weighted by Gasteiger charge is -2.10. The van der Waals surface area contributed by atoms with E-state index in [9.17, 15) is 8.78 Å². The summed E-state index contributed by atoms with van der Waals surface area (Å²) in [5.41, 5.74) is 8.29. The van der Waals surface area contributed by atoms with Gasteiger partial charge in [-0.2, -0.15) is 0 Å². The zero-order valence-electron chi connectivity index (χ0n) is 10.9. The van der Waals surface area contributed by atoms with Crippen molar-refractivity contribution in [2.45, 2.75) is 19.3 Å². The molecular formula is C16H17F2N. The maximum Gasteiger partial charge on any atom is 0.129 e. The monoisotopic (exact) mass is 261 g/mol. The van der Waals surface area contributed by atoms with E-state index < -0.39 is 11.6 Å². The first-order valence-electron chi connectivity index (χ1n) is 6.33. The molecule has 2 aromatic carbocycles. The summed E-state index contributed by atoms with van der Waals surface area (Å²) >= 11 is 0. The molecule has 0 spiro atoms. The summed E-state index contributed by atoms with van der Waals surface area (Å²) in [7, 11) is 0. The average Bonchev–Trinajstić information content (AvgIpc) is 2.42. The highest BCUT2D eigenvalue weighted by Crippen LogP contribution is 2.18. The van der Waals surface area contributed by atoms with E-state index in [0.717, 1.165) is 11.6 Å². The third-order valence-corrected chi connectivity index (χ3v) is 3.31. The summed E-state index contributed by atoms with van der Waals surface area (Å²) in [6.45, 7) is 2.67. The lowest BCUT2D eigenvalue weighted by Crippen LogP contribution is -2.08. The number of benzene rings is 2. The maximum atomic E-state index is 13.5. The van der Waals surface area contributed by atoms with Crippen LogP contribution in [0.5, 0.6) is 0 Å². The molecular weight excluding hydrogens is 244 g/mol. The largest absolute Gasteiger partial charge is 0.330 e. The van der Waals surface area contributed by atoms with Crippen molar-refractivity contribution < 1.29 is 8.78 Å². The molecule has 2 N–H and O–H groups in total. The van der Waals surface area contributed by atoms with Crippen molar-refractivity contribution in [1.29, 1.82) is 0 Å². The molecule has 1 atom stereocenters. The fraction of sp³-hybridized carbons (Fsp3) is 0.250. The summed E-state index contributed by atoms with van der Waals surface area (Å²) in [6.07, 6.45) is 0.462. The Balaban J connectivity index is 2.15. The third-order valence-electron chi connectivity index (χ3n) is 3.31. The molecule has 3 heteroatoms. The second-order valence-electron chi connectivity index (χ2n) is 4.79. The van der Waals surface area contributed by atoms with Crippen molar-refractivity contribution in [2.75, 3.05) is 6.54 Å². The van der Waals surface area contributed by atoms with Crippen LogP contribution in [0.4, 0.5) is 8.78 Å². The van der Waals surface area contributed by atoms with Crippen LogP contribution in [0.15, 0.2) is 42.5 Å². The normalized spacial score (nSPS) is 12.4. The fourth-order valence-electron chi connectivity index (χ4n) is 1.99. The summed E-state index contributed by atoms with van der Waals surface area (Å²) in [5, 5.41) is 0. The van der Waals surface area contributed by atoms with Crippen molar-refractivity contribution in [2.24, 2.45) is 5.73 Å². The van der Waals surface area contributed by atoms with Gasteiger partial charge in [-0.25, -0.2) is 8.78 Å². The van der Waals surface area contributed by atoms with Crippen LogP contribution in [0.1, 0.15) is 29.5 Å². The average molecular weight is 261 g/mol. The molecule has 0 saturated heterocycles. The molecule has 0 fully saturated rings. The fourth-order valence-corrected chi connectivity index (χ4v) is 1.99. The molecule has 1 unspecified atom stereocenters. The van der Waals surface area contributed by atoms with Crippen LogP contribution in [0.3, 0.4) is 0 Å². The van der Waals surface area contributed by atoms with Crippen molar-refractivity contribution in [1.82, 2.24) is 0 Å². The summed E-state index contributed by atoms with van der Waals surface area (Å²) in [6, 6.07) is 11.6. The van der Waals surface area contributed by atoms with Crippen molar-refractivity contribution in [3.05, 3.63) is 70.8 Å². The molecule has 0 saturated carbocycles. The second-order valence-corrected chi connectivity index (χ2v) is 4.79. The van der Waals surface area contributed by atoms with Gasteiger partial charge in [-0.1, -0.05) is 37.3 Å². The van der Waals surface area contributed by atoms with Crippen LogP contribution in [0, 0.1) is 11.6 Å². The Morgan fingerprint density at radius 3 is 2.32 bits per heavy atom. The Hall–Kier alpha value is -1.74. The molecule has 0 aliphatic heterocycles. The lowest BCUT2D eigenvalue weighted by molar-refractivity contribution is 0.574. The van der Waals surface area contributed by atoms with E-state index in [0.29, 0.717) is 24.4 Å². The van der Waals surface area contributed by atoms with Crippen LogP contribution in [0.2, 0.25) is 0 Å². The molecule has 2 rings (SSSR count). The van der Waals surface area contributed by atoms with E-state index >= 15 is 0 Å². The third kappa shape index (κ3) is 3.38. The van der Waals surface area contributed by atoms with E-state index in [-0.39, 0.29) is 0 Å². The lowest BCUT2D eigenvalue weighted by atomic mass is 9.97. The molecule has 19 heavy (non-hydrogen) atoms. The zero-order valence-corrected chi connectivity index (χ0v) is 10.9. The van der Waals surface area contributed by atoms with Gasteiger partial charge < -0.3 is 5.73 Å². The van der Waals surface area contributed by atoms with E-state index in [4.69, 9.17) is 5.73 Å². The van der Waals surface area contributed by atoms with Crippen LogP contribution in [-0.4, -0.2) is 6.54 Å². The van der Waals surface area contributed by atoms with Gasteiger partial charge in [-0.05, 0) is 35.2 Å². The minimum atomic E-state index is -0.548. The molecule has 0 heterocycles. The van der Waals surface area contributed by atoms with Gasteiger partial charge in [0.25, 0.3) is 0 Å². The summed E-state index contributed by atoms with van der Waals surface area (Å²) < 4.78 is 26.4. The standard InChI is InChI=1S/C16H17F2N/c1-11(10-19)13-4-2-12(3-5-13)8-14-6-7-15(17)9-16(14)18/h2-7,9,11H,8,10,19H2,1H3. The van der Waals surface area contributed by atoms with Gasteiger partial charge in [0.1, 0.15) is 11.6 Å². The van der Waals surface area contributed by atoms with E-state index in [1.54, 1.807) is 0 Å². The summed E-state index contributed by atoms with van der Waals surface area (Å²) in [4.78, 5) is 0. The molecule has 0 aliphatic carbocycles. The molecule has 2 aromatic rings. The smallest absolute Gasteiger partial charge is 0.129 e. The Morgan fingerprint density at radius 2 is 1.74 bits per heavy atom. The highest BCUT2D eigenvalue weighted by molar-refractivity contribution is 5.30. The maximum absolute atomic E-state index is 13.5. The van der Waals surface area contributed by atoms with Crippen LogP contribution in [0.25, 0.3) is 0 Å². The first-order chi connectivity index (χ1) is 9.10. The Bertz CT molecular complexity index is 549. The number of nitrogens with two attached hydrogens (primary N) is 1. The number of rotatable bonds is 4. The first-order valence-corrected chi connectivity index (χ1v) is 6.33. The molecule has 0 aromatic heterocycles. The Labute approximate surface area is 112 Å². The SMILES string of the molecule is CC(CN)c1ccc(Cc2ccc(F)cc2F)cc1. The van der Waals surface area contributed by atoms with Crippen LogP contribution in [-0.2, 0) is 6.42 Å². The van der Waals surface area contributed by atoms with E-state index in [2.05, 4.69) is 6.92 Å². The molecule has 0 aliphatic rings. The van der Waals surface area contributed by atoms with E-state index in [1.165, 1.54) is 17.7 Å². The van der Waals surface area contributed by atoms with Crippen LogP contribution < -0.4 is 5.73 Å². The molecule has 0 radical (unpaired) electrons. The number of halogens is 2. The van der Waals surface area contributed by atoms with Gasteiger partial charge in [0.2, 0.25) is 0 Å². The minimum absolute atomic E-state index is 0.316. The van der Waals surface area contributed by atoms with Gasteiger partial charge in [0.05, 0.1) is 0 Å². The summed E-state index contributed by atoms with van der Waals surface area (Å²) in [5.74, 6) is -0.732. The molecule has 1 nitrogen and oxygen atoms in total. The highest BCUT2D eigenvalue weighted by Gasteiger charge is 2.06. The van der Waals surface area contributed by atoms with E-state index in [1.807, 2.05) is 24.3 Å². The van der Waals surface area contributed by atoms with Gasteiger partial charge in [-0.15, -0.1) is 0 Å². The molecule has 0 bridgehead atoms. The Morgan fingerprint density at radius 1 is 1.05 bits per heavy atom. The Kier molecular flexibility index (Phi) is 4.27. The highest BCUT2D eigenvalue weighted by atomic mass is 19.1. The van der Waals surface area contributed by atoms with Crippen molar-refractivity contribution in [3.63, 3.8) is 0 Å². The van der Waals surface area contributed by atoms with Gasteiger partial charge in [0, 0.05) is 12.5 Å². The van der Waals surface area contributed by atoms with Gasteiger partial charge >= 0.3 is 0 Å². The quantitative estimate of drug-likeness (QED) is 0.893. The van der Waals surface area contributed by atoms with Crippen LogP contribution >= 0.6 is 0 Å². The van der Waals surface area contributed by atoms with Gasteiger partial charge in [-0.3, -0.25) is 0 Å². The first kappa shape index (κ1) is 13.7. The topological polar surface area (TPSA) is 26.0 Å². The molecule has 100 valence electrons. The van der Waals surface area contributed by atoms with Crippen molar-refractivity contribution >= 4 is 0 Å². The van der Waals surface area contributed by atoms with Gasteiger partial charge in [0.15, 0.2) is 0 Å². The number of hydrogen-bond donors (Lipinski definition) is 1. The predicted octanol–water partition coefficient (Wildman–Crippen LogP) is 3.62. The minimum Gasteiger partial charge on any atom is -0.330 e.